The molecule has 10 nitrogen and oxygen atoms in total. The van der Waals surface area contributed by atoms with E-state index < -0.39 is 5.97 Å². The molecule has 38 heavy (non-hydrogen) atoms. The summed E-state index contributed by atoms with van der Waals surface area (Å²) in [6, 6.07) is 0. The predicted octanol–water partition coefficient (Wildman–Crippen LogP) is 3.73. The number of nitrogens with zero attached hydrogens (tertiary/aromatic N) is 4. The van der Waals surface area contributed by atoms with E-state index >= 15 is 0 Å². The first kappa shape index (κ1) is 28.1. The minimum Gasteiger partial charge on any atom is -0.462 e. The Bertz CT molecular complexity index is 1260. The lowest BCUT2D eigenvalue weighted by molar-refractivity contribution is -0.122. The van der Waals surface area contributed by atoms with Crippen LogP contribution in [-0.4, -0.2) is 70.3 Å². The van der Waals surface area contributed by atoms with E-state index in [-0.39, 0.29) is 24.2 Å². The number of hydrogen-bond donors (Lipinski definition) is 1. The van der Waals surface area contributed by atoms with Crippen molar-refractivity contribution in [2.75, 3.05) is 37.9 Å². The van der Waals surface area contributed by atoms with Gasteiger partial charge in [-0.25, -0.2) is 9.79 Å². The van der Waals surface area contributed by atoms with Gasteiger partial charge in [0.25, 0.3) is 5.91 Å². The molecular weight excluding hydrogens is 526 g/mol. The number of nitrogens with one attached hydrogen (secondary N) is 1. The zero-order valence-corrected chi connectivity index (χ0v) is 23.7. The van der Waals surface area contributed by atoms with E-state index in [2.05, 4.69) is 22.3 Å². The highest BCUT2D eigenvalue weighted by molar-refractivity contribution is 8.14. The van der Waals surface area contributed by atoms with Gasteiger partial charge in [-0.15, -0.1) is 11.3 Å². The van der Waals surface area contributed by atoms with E-state index in [1.807, 2.05) is 0 Å². The lowest BCUT2D eigenvalue weighted by atomic mass is 9.88. The first-order valence-electron chi connectivity index (χ1n) is 12.6. The molecule has 12 heteroatoms. The van der Waals surface area contributed by atoms with Crippen LogP contribution in [0.3, 0.4) is 0 Å². The number of ether oxygens (including phenoxy) is 2. The number of aryl methyl sites for hydroxylation is 1. The van der Waals surface area contributed by atoms with Gasteiger partial charge in [0.05, 0.1) is 24.1 Å². The van der Waals surface area contributed by atoms with Gasteiger partial charge < -0.3 is 14.8 Å². The highest BCUT2D eigenvalue weighted by Crippen LogP contribution is 2.40. The average Bonchev–Trinajstić information content (AvgIpc) is 3.53. The van der Waals surface area contributed by atoms with Crippen molar-refractivity contribution < 1.29 is 23.9 Å². The van der Waals surface area contributed by atoms with Crippen molar-refractivity contribution in [3.63, 3.8) is 0 Å². The summed E-state index contributed by atoms with van der Waals surface area (Å²) in [6.45, 7) is 5.16. The number of methoxy groups -OCH3 is 1. The summed E-state index contributed by atoms with van der Waals surface area (Å²) >= 11 is 2.65. The number of fused-ring (bicyclic) bond motifs is 1. The van der Waals surface area contributed by atoms with Gasteiger partial charge in [-0.1, -0.05) is 18.7 Å². The Balaban J connectivity index is 1.49. The molecule has 0 unspecified atom stereocenters. The number of esters is 1. The summed E-state index contributed by atoms with van der Waals surface area (Å²) in [6.07, 6.45) is 8.47. The number of anilines is 1. The first-order chi connectivity index (χ1) is 18.3. The fraction of sp³-hybridized carbons (Fsp3) is 0.500. The maximum Gasteiger partial charge on any atom is 0.341 e. The Kier molecular flexibility index (Phi) is 9.40. The topological polar surface area (TPSA) is 115 Å². The van der Waals surface area contributed by atoms with E-state index in [1.165, 1.54) is 23.1 Å². The number of carbonyl (C=O) groups excluding carboxylic acids is 3. The summed E-state index contributed by atoms with van der Waals surface area (Å²) < 4.78 is 12.1. The van der Waals surface area contributed by atoms with Crippen molar-refractivity contribution in [3.8, 4) is 0 Å². The molecule has 2 aromatic heterocycles. The fourth-order valence-corrected chi connectivity index (χ4v) is 6.67. The normalized spacial score (nSPS) is 18.1. The zero-order valence-electron chi connectivity index (χ0n) is 22.1. The number of amides is 2. The average molecular weight is 560 g/mol. The van der Waals surface area contributed by atoms with Crippen molar-refractivity contribution in [1.82, 2.24) is 14.7 Å². The molecule has 4 rings (SSSR count). The molecule has 1 aliphatic carbocycles. The molecule has 0 aromatic carbocycles. The van der Waals surface area contributed by atoms with Crippen LogP contribution in [0.2, 0.25) is 0 Å². The van der Waals surface area contributed by atoms with Crippen LogP contribution < -0.4 is 5.32 Å². The molecule has 2 aliphatic rings. The van der Waals surface area contributed by atoms with Gasteiger partial charge >= 0.3 is 5.97 Å². The number of aliphatic imine (C=N–C) groups is 1. The van der Waals surface area contributed by atoms with Crippen LogP contribution >= 0.6 is 23.1 Å². The molecule has 2 aromatic rings. The van der Waals surface area contributed by atoms with E-state index in [9.17, 15) is 14.4 Å². The maximum absolute atomic E-state index is 13.1. The zero-order chi connectivity index (χ0) is 27.2. The molecule has 204 valence electrons. The number of thiophene rings is 1. The lowest BCUT2D eigenvalue weighted by Crippen LogP contribution is -2.32. The van der Waals surface area contributed by atoms with Gasteiger partial charge in [-0.05, 0) is 50.2 Å². The van der Waals surface area contributed by atoms with Crippen molar-refractivity contribution in [1.29, 1.82) is 0 Å². The largest absolute Gasteiger partial charge is 0.462 e. The molecule has 0 radical (unpaired) electrons. The Hall–Kier alpha value is -2.96. The van der Waals surface area contributed by atoms with Crippen molar-refractivity contribution in [2.24, 2.45) is 18.0 Å². The summed E-state index contributed by atoms with van der Waals surface area (Å²) in [5, 5.41) is 8.06. The number of thioether (sulfide) groups is 1. The van der Waals surface area contributed by atoms with E-state index in [0.717, 1.165) is 35.3 Å². The summed E-state index contributed by atoms with van der Waals surface area (Å²) in [5.41, 5.74) is 2.54. The second-order valence-electron chi connectivity index (χ2n) is 9.29. The van der Waals surface area contributed by atoms with Crippen LogP contribution in [0.5, 0.6) is 0 Å². The summed E-state index contributed by atoms with van der Waals surface area (Å²) in [5.74, 6) is -0.329. The van der Waals surface area contributed by atoms with Gasteiger partial charge in [0.2, 0.25) is 5.91 Å². The van der Waals surface area contributed by atoms with Crippen molar-refractivity contribution in [2.45, 2.75) is 39.5 Å². The van der Waals surface area contributed by atoms with Crippen LogP contribution in [0, 0.1) is 5.92 Å². The molecule has 0 saturated heterocycles. The third kappa shape index (κ3) is 6.54. The smallest absolute Gasteiger partial charge is 0.341 e. The van der Waals surface area contributed by atoms with Crippen molar-refractivity contribution in [3.05, 3.63) is 39.7 Å². The number of amidine groups is 1. The second kappa shape index (κ2) is 12.7. The Labute approximate surface area is 230 Å². The molecule has 1 aliphatic heterocycles. The number of rotatable bonds is 10. The van der Waals surface area contributed by atoms with Crippen molar-refractivity contribution >= 4 is 57.1 Å². The summed E-state index contributed by atoms with van der Waals surface area (Å²) in [7, 11) is 3.41. The number of hydrogen-bond acceptors (Lipinski definition) is 9. The standard InChI is InChI=1S/C26H33N5O5S2/c1-5-36-25(34)22-18-8-7-16(2)11-20(18)38-23(22)29-21(32)15-37-26-28-19(12-17-13-27-30(3)14-17)24(33)31(26)9-6-10-35-4/h12-14,16H,5-11,15H2,1-4H3,(H,29,32)/b19-12+/t16-/m0/s1. The number of aromatic nitrogens is 2. The van der Waals surface area contributed by atoms with E-state index in [0.29, 0.717) is 46.9 Å². The Morgan fingerprint density at radius 2 is 2.18 bits per heavy atom. The Morgan fingerprint density at radius 1 is 1.37 bits per heavy atom. The second-order valence-corrected chi connectivity index (χ2v) is 11.3. The molecule has 3 heterocycles. The minimum atomic E-state index is -0.400. The van der Waals surface area contributed by atoms with E-state index in [4.69, 9.17) is 9.47 Å². The monoisotopic (exact) mass is 559 g/mol. The quantitative estimate of drug-likeness (QED) is 0.268. The molecular formula is C26H33N5O5S2. The van der Waals surface area contributed by atoms with Gasteiger partial charge in [0, 0.05) is 43.9 Å². The molecule has 0 spiro atoms. The minimum absolute atomic E-state index is 0.0360. The third-order valence-electron chi connectivity index (χ3n) is 6.25. The lowest BCUT2D eigenvalue weighted by Gasteiger charge is -2.18. The fourth-order valence-electron chi connectivity index (χ4n) is 4.43. The van der Waals surface area contributed by atoms with Crippen LogP contribution in [0.1, 0.15) is 53.1 Å². The van der Waals surface area contributed by atoms with Gasteiger partial charge in [0.15, 0.2) is 5.17 Å². The highest BCUT2D eigenvalue weighted by Gasteiger charge is 2.32. The van der Waals surface area contributed by atoms with Gasteiger partial charge in [-0.2, -0.15) is 5.10 Å². The van der Waals surface area contributed by atoms with Crippen LogP contribution in [0.15, 0.2) is 23.1 Å². The molecule has 0 saturated carbocycles. The number of carbonyl (C=O) groups is 3. The SMILES string of the molecule is CCOC(=O)c1c(NC(=O)CSC2=N/C(=C/c3cnn(C)c3)C(=O)N2CCCOC)sc2c1CC[C@H](C)C2. The maximum atomic E-state index is 13.1. The highest BCUT2D eigenvalue weighted by atomic mass is 32.2. The van der Waals surface area contributed by atoms with Crippen LogP contribution in [-0.2, 0) is 39.0 Å². The van der Waals surface area contributed by atoms with Crippen LogP contribution in [0.25, 0.3) is 6.08 Å². The third-order valence-corrected chi connectivity index (χ3v) is 8.39. The van der Waals surface area contributed by atoms with Gasteiger partial charge in [-0.3, -0.25) is 19.2 Å². The molecule has 2 amide bonds. The molecule has 1 atom stereocenters. The van der Waals surface area contributed by atoms with E-state index in [1.54, 1.807) is 49.1 Å². The molecule has 0 fully saturated rings. The predicted molar refractivity (Wildman–Crippen MR) is 149 cm³/mol. The molecule has 1 N–H and O–H groups in total. The molecule has 0 bridgehead atoms. The Morgan fingerprint density at radius 3 is 2.89 bits per heavy atom. The van der Waals surface area contributed by atoms with Gasteiger partial charge in [0.1, 0.15) is 10.7 Å². The summed E-state index contributed by atoms with van der Waals surface area (Å²) in [4.78, 5) is 46.1. The van der Waals surface area contributed by atoms with Crippen LogP contribution in [0.4, 0.5) is 5.00 Å². The first-order valence-corrected chi connectivity index (χ1v) is 14.4.